The Morgan fingerprint density at radius 1 is 0.868 bits per heavy atom. The third-order valence-corrected chi connectivity index (χ3v) is 12.1. The molecular weight excluding hydrogens is 867 g/mol. The van der Waals surface area contributed by atoms with Crippen LogP contribution in [-0.4, -0.2) is 15.9 Å². The largest absolute Gasteiger partial charge is 0.512 e. The van der Waals surface area contributed by atoms with Crippen LogP contribution in [0, 0.1) is 30.7 Å². The number of ketones is 1. The molecule has 283 valence electrons. The SMILES string of the molecule is CCC(CC)C(=O)/C=C(\O)C(CC)CC.Cc1cc2c(-c3ccc4cc(CC(C)C)sc4c3)cc(-c3[c-]c4ccccc4c(C(C)(C)C)c3)nc2s1.[Ir]. The third kappa shape index (κ3) is 10.1. The molecule has 6 rings (SSSR count). The van der Waals surface area contributed by atoms with Crippen molar-refractivity contribution in [2.75, 3.05) is 0 Å². The first-order valence-corrected chi connectivity index (χ1v) is 20.7. The molecule has 0 unspecified atom stereocenters. The molecule has 6 heteroatoms. The number of nitrogens with zero attached hydrogens (tertiary/aromatic N) is 1. The van der Waals surface area contributed by atoms with Gasteiger partial charge in [0.1, 0.15) is 4.83 Å². The molecule has 0 bridgehead atoms. The van der Waals surface area contributed by atoms with Gasteiger partial charge in [-0.25, -0.2) is 0 Å². The van der Waals surface area contributed by atoms with Gasteiger partial charge in [0, 0.05) is 63.6 Å². The molecule has 6 aromatic rings. The maximum absolute atomic E-state index is 11.7. The summed E-state index contributed by atoms with van der Waals surface area (Å²) in [5.41, 5.74) is 5.92. The summed E-state index contributed by atoms with van der Waals surface area (Å²) >= 11 is 3.71. The molecule has 3 aromatic carbocycles. The molecule has 0 amide bonds. The minimum Gasteiger partial charge on any atom is -0.512 e. The monoisotopic (exact) mass is 923 g/mol. The van der Waals surface area contributed by atoms with E-state index >= 15 is 0 Å². The fraction of sp³-hybridized carbons (Fsp3) is 0.404. The molecule has 1 radical (unpaired) electrons. The Kier molecular flexibility index (Phi) is 14.8. The van der Waals surface area contributed by atoms with Crippen molar-refractivity contribution in [3.63, 3.8) is 0 Å². The van der Waals surface area contributed by atoms with E-state index in [0.29, 0.717) is 5.92 Å². The van der Waals surface area contributed by atoms with Gasteiger partial charge in [-0.15, -0.1) is 51.8 Å². The number of fused-ring (bicyclic) bond motifs is 3. The molecule has 0 aliphatic rings. The van der Waals surface area contributed by atoms with Gasteiger partial charge in [0.05, 0.1) is 5.76 Å². The van der Waals surface area contributed by atoms with E-state index in [1.807, 2.05) is 39.0 Å². The van der Waals surface area contributed by atoms with Crippen LogP contribution in [0.25, 0.3) is 53.5 Å². The van der Waals surface area contributed by atoms with Crippen LogP contribution in [0.3, 0.4) is 0 Å². The summed E-state index contributed by atoms with van der Waals surface area (Å²) in [4.78, 5) is 20.7. The standard InChI is InChI=1S/C34H32NS2.C13H24O2.Ir/c1-20(2)13-26-16-24-12-11-23(18-32(24)37-26)28-19-31(35-33-29(28)14-21(3)36-33)25-15-22-9-7-8-10-27(22)30(17-25)34(4,5)6;1-5-10(6-2)12(14)9-13(15)11(7-3)8-4;/h7-12,14,16-20H,13H2,1-6H3;9-11,14H,5-8H2,1-4H3;/q-1;;/b;12-9-;. The number of carbonyl (C=O) groups is 1. The fourth-order valence-electron chi connectivity index (χ4n) is 7.04. The molecule has 3 nitrogen and oxygen atoms in total. The number of carbonyl (C=O) groups excluding carboxylic acids is 1. The van der Waals surface area contributed by atoms with E-state index in [4.69, 9.17) is 4.98 Å². The van der Waals surface area contributed by atoms with Crippen molar-refractivity contribution in [1.82, 2.24) is 4.98 Å². The van der Waals surface area contributed by atoms with Crippen LogP contribution in [0.2, 0.25) is 0 Å². The molecule has 0 atom stereocenters. The molecule has 0 aliphatic carbocycles. The van der Waals surface area contributed by atoms with Crippen LogP contribution >= 0.6 is 22.7 Å². The summed E-state index contributed by atoms with van der Waals surface area (Å²) in [7, 11) is 0. The van der Waals surface area contributed by atoms with Crippen molar-refractivity contribution in [3.05, 3.63) is 99.9 Å². The maximum atomic E-state index is 11.7. The summed E-state index contributed by atoms with van der Waals surface area (Å²) in [6.07, 6.45) is 6.04. The van der Waals surface area contributed by atoms with E-state index in [-0.39, 0.29) is 48.9 Å². The van der Waals surface area contributed by atoms with Crippen molar-refractivity contribution < 1.29 is 30.0 Å². The number of aliphatic hydroxyl groups excluding tert-OH is 1. The van der Waals surface area contributed by atoms with E-state index < -0.39 is 0 Å². The number of aryl methyl sites for hydroxylation is 1. The van der Waals surface area contributed by atoms with Crippen LogP contribution < -0.4 is 0 Å². The number of benzene rings is 3. The number of hydrogen-bond acceptors (Lipinski definition) is 5. The Bertz CT molecular complexity index is 2190. The van der Waals surface area contributed by atoms with Gasteiger partial charge in [-0.1, -0.05) is 110 Å². The number of aromatic nitrogens is 1. The van der Waals surface area contributed by atoms with Crippen LogP contribution in [0.15, 0.2) is 78.6 Å². The first-order chi connectivity index (χ1) is 24.8. The average Bonchev–Trinajstić information content (AvgIpc) is 3.69. The smallest absolute Gasteiger partial charge is 0.162 e. The Hall–Kier alpha value is -3.15. The molecule has 0 spiro atoms. The van der Waals surface area contributed by atoms with Gasteiger partial charge < -0.3 is 5.11 Å². The number of rotatable bonds is 11. The molecule has 3 aromatic heterocycles. The summed E-state index contributed by atoms with van der Waals surface area (Å²) < 4.78 is 1.36. The fourth-order valence-corrected chi connectivity index (χ4v) is 9.26. The number of allylic oxidation sites excluding steroid dienone is 2. The summed E-state index contributed by atoms with van der Waals surface area (Å²) in [5, 5.41) is 14.8. The minimum atomic E-state index is 0. The van der Waals surface area contributed by atoms with Crippen LogP contribution in [0.4, 0.5) is 0 Å². The Balaban J connectivity index is 0.000000335. The minimum absolute atomic E-state index is 0. The molecule has 1 N–H and O–H groups in total. The normalized spacial score (nSPS) is 12.2. The number of aliphatic hydroxyl groups is 1. The molecule has 3 heterocycles. The van der Waals surface area contributed by atoms with Gasteiger partial charge in [0.15, 0.2) is 5.78 Å². The molecule has 0 saturated carbocycles. The predicted molar refractivity (Wildman–Crippen MR) is 228 cm³/mol. The van der Waals surface area contributed by atoms with Gasteiger partial charge in [-0.05, 0) is 85.1 Å². The number of thiophene rings is 2. The van der Waals surface area contributed by atoms with Crippen molar-refractivity contribution in [1.29, 1.82) is 0 Å². The van der Waals surface area contributed by atoms with Crippen LogP contribution in [0.1, 0.15) is 103 Å². The van der Waals surface area contributed by atoms with E-state index in [1.54, 1.807) is 11.3 Å². The molecule has 53 heavy (non-hydrogen) atoms. The zero-order valence-corrected chi connectivity index (χ0v) is 37.2. The molecule has 0 saturated heterocycles. The van der Waals surface area contributed by atoms with Gasteiger partial charge in [-0.3, -0.25) is 9.78 Å². The first kappa shape index (κ1) is 42.6. The van der Waals surface area contributed by atoms with Crippen molar-refractivity contribution >= 4 is 59.5 Å². The van der Waals surface area contributed by atoms with Crippen molar-refractivity contribution in [2.24, 2.45) is 17.8 Å². The molecular formula is C47H56IrNO2S2-. The third-order valence-electron chi connectivity index (χ3n) is 10.1. The average molecular weight is 923 g/mol. The Morgan fingerprint density at radius 2 is 1.55 bits per heavy atom. The Morgan fingerprint density at radius 3 is 2.19 bits per heavy atom. The first-order valence-electron chi connectivity index (χ1n) is 19.1. The van der Waals surface area contributed by atoms with Crippen molar-refractivity contribution in [2.45, 2.75) is 107 Å². The summed E-state index contributed by atoms with van der Waals surface area (Å²) in [6, 6.07) is 28.5. The van der Waals surface area contributed by atoms with Crippen molar-refractivity contribution in [3.8, 4) is 22.4 Å². The van der Waals surface area contributed by atoms with E-state index in [0.717, 1.165) is 53.6 Å². The predicted octanol–water partition coefficient (Wildman–Crippen LogP) is 14.5. The van der Waals surface area contributed by atoms with E-state index in [2.05, 4.69) is 114 Å². The van der Waals surface area contributed by atoms with Gasteiger partial charge in [-0.2, -0.15) is 0 Å². The molecule has 0 fully saturated rings. The topological polar surface area (TPSA) is 50.2 Å². The van der Waals surface area contributed by atoms with E-state index in [1.165, 1.54) is 53.4 Å². The van der Waals surface area contributed by atoms with Gasteiger partial charge in [0.25, 0.3) is 0 Å². The summed E-state index contributed by atoms with van der Waals surface area (Å²) in [5.74, 6) is 1.21. The number of pyridine rings is 1. The Labute approximate surface area is 339 Å². The van der Waals surface area contributed by atoms with Gasteiger partial charge >= 0.3 is 0 Å². The van der Waals surface area contributed by atoms with Gasteiger partial charge in [0.2, 0.25) is 0 Å². The second-order valence-electron chi connectivity index (χ2n) is 15.6. The maximum Gasteiger partial charge on any atom is 0.162 e. The van der Waals surface area contributed by atoms with Crippen LogP contribution in [0.5, 0.6) is 0 Å². The second kappa shape index (κ2) is 18.5. The second-order valence-corrected chi connectivity index (χ2v) is 18.0. The molecule has 0 aliphatic heterocycles. The zero-order valence-electron chi connectivity index (χ0n) is 33.1. The zero-order chi connectivity index (χ0) is 37.7. The summed E-state index contributed by atoms with van der Waals surface area (Å²) in [6.45, 7) is 21.7. The quantitative estimate of drug-likeness (QED) is 0.0800. The van der Waals surface area contributed by atoms with E-state index in [9.17, 15) is 9.90 Å². The van der Waals surface area contributed by atoms with Crippen LogP contribution in [-0.2, 0) is 36.7 Å². The number of hydrogen-bond donors (Lipinski definition) is 1.